The van der Waals surface area contributed by atoms with E-state index >= 15 is 0 Å². The van der Waals surface area contributed by atoms with E-state index in [2.05, 4.69) is 24.3 Å². The van der Waals surface area contributed by atoms with Gasteiger partial charge in [-0.15, -0.1) is 23.5 Å². The number of hydrogen-bond acceptors (Lipinski definition) is 4. The number of benzene rings is 2. The van der Waals surface area contributed by atoms with Crippen LogP contribution < -0.4 is 9.47 Å². The molecule has 1 aliphatic heterocycles. The molecule has 116 valence electrons. The van der Waals surface area contributed by atoms with E-state index in [0.717, 1.165) is 17.1 Å². The minimum Gasteiger partial charge on any atom is -0.497 e. The van der Waals surface area contributed by atoms with Gasteiger partial charge < -0.3 is 9.47 Å². The minimum atomic E-state index is 0.559. The van der Waals surface area contributed by atoms with Crippen molar-refractivity contribution in [1.29, 1.82) is 0 Å². The second-order valence-electron chi connectivity index (χ2n) is 5.14. The zero-order chi connectivity index (χ0) is 15.2. The van der Waals surface area contributed by atoms with Crippen LogP contribution in [0.1, 0.15) is 22.1 Å². The van der Waals surface area contributed by atoms with Gasteiger partial charge in [0, 0.05) is 0 Å². The molecule has 0 spiro atoms. The molecule has 0 saturated carbocycles. The van der Waals surface area contributed by atoms with Crippen LogP contribution in [0, 0.1) is 0 Å². The topological polar surface area (TPSA) is 18.5 Å². The van der Waals surface area contributed by atoms with Gasteiger partial charge in [0.2, 0.25) is 0 Å². The highest BCUT2D eigenvalue weighted by atomic mass is 32.2. The average molecular weight is 332 g/mol. The molecular weight excluding hydrogens is 312 g/mol. The maximum atomic E-state index is 5.86. The second-order valence-corrected chi connectivity index (χ2v) is 7.86. The third kappa shape index (κ3) is 4.14. The molecule has 2 aromatic carbocycles. The van der Waals surface area contributed by atoms with Crippen molar-refractivity contribution < 1.29 is 9.47 Å². The van der Waals surface area contributed by atoms with Crippen LogP contribution in [0.3, 0.4) is 0 Å². The Morgan fingerprint density at radius 1 is 1.00 bits per heavy atom. The SMILES string of the molecule is COc1cccc(COc2ccc(C3SCCCS3)cc2)c1. The van der Waals surface area contributed by atoms with Gasteiger partial charge >= 0.3 is 0 Å². The summed E-state index contributed by atoms with van der Waals surface area (Å²) >= 11 is 4.09. The molecule has 0 N–H and O–H groups in total. The number of ether oxygens (including phenoxy) is 2. The lowest BCUT2D eigenvalue weighted by Gasteiger charge is -2.21. The Kier molecular flexibility index (Phi) is 5.57. The lowest BCUT2D eigenvalue weighted by atomic mass is 10.2. The van der Waals surface area contributed by atoms with E-state index in [0.29, 0.717) is 11.2 Å². The van der Waals surface area contributed by atoms with Gasteiger partial charge in [0.1, 0.15) is 18.1 Å². The normalized spacial score (nSPS) is 15.5. The summed E-state index contributed by atoms with van der Waals surface area (Å²) in [7, 11) is 1.68. The fourth-order valence-corrected chi connectivity index (χ4v) is 5.22. The van der Waals surface area contributed by atoms with Crippen molar-refractivity contribution in [2.75, 3.05) is 18.6 Å². The predicted molar refractivity (Wildman–Crippen MR) is 96.0 cm³/mol. The third-order valence-corrected chi connectivity index (χ3v) is 6.53. The molecule has 2 nitrogen and oxygen atoms in total. The molecule has 0 aliphatic carbocycles. The molecule has 0 radical (unpaired) electrons. The maximum Gasteiger partial charge on any atom is 0.119 e. The number of rotatable bonds is 5. The number of methoxy groups -OCH3 is 1. The van der Waals surface area contributed by atoms with Crippen molar-refractivity contribution >= 4 is 23.5 Å². The summed E-state index contributed by atoms with van der Waals surface area (Å²) < 4.78 is 11.7. The van der Waals surface area contributed by atoms with E-state index < -0.39 is 0 Å². The quantitative estimate of drug-likeness (QED) is 0.754. The van der Waals surface area contributed by atoms with E-state index in [9.17, 15) is 0 Å². The van der Waals surface area contributed by atoms with Gasteiger partial charge in [0.15, 0.2) is 0 Å². The van der Waals surface area contributed by atoms with Crippen LogP contribution in [0.5, 0.6) is 11.5 Å². The van der Waals surface area contributed by atoms with Crippen LogP contribution in [-0.4, -0.2) is 18.6 Å². The minimum absolute atomic E-state index is 0.559. The molecule has 0 aromatic heterocycles. The highest BCUT2D eigenvalue weighted by Crippen LogP contribution is 2.43. The Hall–Kier alpha value is -1.26. The maximum absolute atomic E-state index is 5.86. The summed E-state index contributed by atoms with van der Waals surface area (Å²) in [6.07, 6.45) is 1.33. The molecule has 1 heterocycles. The molecular formula is C18H20O2S2. The van der Waals surface area contributed by atoms with Gasteiger partial charge in [-0.1, -0.05) is 24.3 Å². The fraction of sp³-hybridized carbons (Fsp3) is 0.333. The van der Waals surface area contributed by atoms with Crippen LogP contribution in [0.2, 0.25) is 0 Å². The largest absolute Gasteiger partial charge is 0.497 e. The van der Waals surface area contributed by atoms with Crippen molar-refractivity contribution in [2.45, 2.75) is 17.6 Å². The first-order chi connectivity index (χ1) is 10.8. The lowest BCUT2D eigenvalue weighted by molar-refractivity contribution is 0.305. The van der Waals surface area contributed by atoms with Crippen LogP contribution in [0.25, 0.3) is 0 Å². The lowest BCUT2D eigenvalue weighted by Crippen LogP contribution is -2.00. The second kappa shape index (κ2) is 7.84. The first-order valence-corrected chi connectivity index (χ1v) is 9.54. The molecule has 0 bridgehead atoms. The van der Waals surface area contributed by atoms with Crippen LogP contribution >= 0.6 is 23.5 Å². The summed E-state index contributed by atoms with van der Waals surface area (Å²) in [6.45, 7) is 0.559. The van der Waals surface area contributed by atoms with Gasteiger partial charge in [-0.3, -0.25) is 0 Å². The Morgan fingerprint density at radius 3 is 2.50 bits per heavy atom. The Morgan fingerprint density at radius 2 is 1.77 bits per heavy atom. The summed E-state index contributed by atoms with van der Waals surface area (Å²) in [4.78, 5) is 0. The zero-order valence-electron chi connectivity index (χ0n) is 12.7. The molecule has 1 aliphatic rings. The first-order valence-electron chi connectivity index (χ1n) is 7.44. The van der Waals surface area contributed by atoms with Crippen molar-refractivity contribution in [3.63, 3.8) is 0 Å². The van der Waals surface area contributed by atoms with Crippen molar-refractivity contribution in [1.82, 2.24) is 0 Å². The summed E-state index contributed by atoms with van der Waals surface area (Å²) in [5.74, 6) is 4.32. The molecule has 0 amide bonds. The van der Waals surface area contributed by atoms with Crippen LogP contribution in [-0.2, 0) is 6.61 Å². The molecule has 0 atom stereocenters. The molecule has 0 unspecified atom stereocenters. The van der Waals surface area contributed by atoms with Gasteiger partial charge in [-0.2, -0.15) is 0 Å². The summed E-state index contributed by atoms with van der Waals surface area (Å²) in [5.41, 5.74) is 2.50. The fourth-order valence-electron chi connectivity index (χ4n) is 2.33. The highest BCUT2D eigenvalue weighted by Gasteiger charge is 2.16. The molecule has 1 fully saturated rings. The predicted octanol–water partition coefficient (Wildman–Crippen LogP) is 5.14. The summed E-state index contributed by atoms with van der Waals surface area (Å²) in [5, 5.41) is 0. The Balaban J connectivity index is 1.58. The van der Waals surface area contributed by atoms with Crippen molar-refractivity contribution in [3.8, 4) is 11.5 Å². The number of thioether (sulfide) groups is 2. The molecule has 1 saturated heterocycles. The van der Waals surface area contributed by atoms with Crippen LogP contribution in [0.4, 0.5) is 0 Å². The van der Waals surface area contributed by atoms with E-state index in [4.69, 9.17) is 9.47 Å². The first kappa shape index (κ1) is 15.6. The van der Waals surface area contributed by atoms with Gasteiger partial charge in [-0.25, -0.2) is 0 Å². The monoisotopic (exact) mass is 332 g/mol. The van der Waals surface area contributed by atoms with Crippen molar-refractivity contribution in [3.05, 3.63) is 59.7 Å². The highest BCUT2D eigenvalue weighted by molar-refractivity contribution is 8.16. The number of hydrogen-bond donors (Lipinski definition) is 0. The van der Waals surface area contributed by atoms with E-state index in [-0.39, 0.29) is 0 Å². The Bertz CT molecular complexity index is 592. The molecule has 4 heteroatoms. The van der Waals surface area contributed by atoms with Crippen LogP contribution in [0.15, 0.2) is 48.5 Å². The van der Waals surface area contributed by atoms with Gasteiger partial charge in [0.05, 0.1) is 11.7 Å². The van der Waals surface area contributed by atoms with Gasteiger partial charge in [-0.05, 0) is 53.3 Å². The standard InChI is InChI=1S/C18H20O2S2/c1-19-17-5-2-4-14(12-17)13-20-16-8-6-15(7-9-16)18-21-10-3-11-22-18/h2,4-9,12,18H,3,10-11,13H2,1H3. The van der Waals surface area contributed by atoms with Gasteiger partial charge in [0.25, 0.3) is 0 Å². The molecule has 22 heavy (non-hydrogen) atoms. The van der Waals surface area contributed by atoms with E-state index in [1.54, 1.807) is 7.11 Å². The molecule has 2 aromatic rings. The van der Waals surface area contributed by atoms with Crippen molar-refractivity contribution in [2.24, 2.45) is 0 Å². The Labute approximate surface area is 140 Å². The summed E-state index contributed by atoms with van der Waals surface area (Å²) in [6, 6.07) is 16.5. The van der Waals surface area contributed by atoms with E-state index in [1.807, 2.05) is 47.8 Å². The smallest absolute Gasteiger partial charge is 0.119 e. The average Bonchev–Trinajstić information content (AvgIpc) is 2.61. The molecule has 3 rings (SSSR count). The third-order valence-electron chi connectivity index (χ3n) is 3.52. The van der Waals surface area contributed by atoms with E-state index in [1.165, 1.54) is 23.5 Å². The zero-order valence-corrected chi connectivity index (χ0v) is 14.3.